The zero-order valence-corrected chi connectivity index (χ0v) is 12.5. The molecule has 17 heavy (non-hydrogen) atoms. The predicted octanol–water partition coefficient (Wildman–Crippen LogP) is 3.59. The highest BCUT2D eigenvalue weighted by Crippen LogP contribution is 2.37. The minimum Gasteiger partial charge on any atom is -0.326 e. The van der Waals surface area contributed by atoms with Gasteiger partial charge in [-0.1, -0.05) is 33.6 Å². The number of benzene rings is 1. The topological polar surface area (TPSA) is 29.3 Å². The van der Waals surface area contributed by atoms with E-state index in [4.69, 9.17) is 17.3 Å². The van der Waals surface area contributed by atoms with Crippen molar-refractivity contribution in [2.75, 3.05) is 6.54 Å². The molecule has 1 fully saturated rings. The minimum atomic E-state index is 0.204. The van der Waals surface area contributed by atoms with Gasteiger partial charge >= 0.3 is 0 Å². The Kier molecular flexibility index (Phi) is 4.14. The van der Waals surface area contributed by atoms with Crippen molar-refractivity contribution < 1.29 is 0 Å². The van der Waals surface area contributed by atoms with Crippen LogP contribution in [-0.2, 0) is 0 Å². The SMILES string of the molecule is CC(C)N1CCC(N)C1c1ccc(Cl)cc1Br. The van der Waals surface area contributed by atoms with Gasteiger partial charge in [-0.25, -0.2) is 0 Å². The van der Waals surface area contributed by atoms with Crippen molar-refractivity contribution in [1.29, 1.82) is 0 Å². The number of rotatable bonds is 2. The maximum atomic E-state index is 6.25. The monoisotopic (exact) mass is 316 g/mol. The smallest absolute Gasteiger partial charge is 0.0513 e. The van der Waals surface area contributed by atoms with Crippen molar-refractivity contribution in [3.8, 4) is 0 Å². The lowest BCUT2D eigenvalue weighted by molar-refractivity contribution is 0.197. The molecule has 0 radical (unpaired) electrons. The van der Waals surface area contributed by atoms with E-state index in [-0.39, 0.29) is 6.04 Å². The molecule has 0 bridgehead atoms. The molecule has 2 atom stereocenters. The van der Waals surface area contributed by atoms with Crippen molar-refractivity contribution >= 4 is 27.5 Å². The van der Waals surface area contributed by atoms with Crippen LogP contribution in [0.3, 0.4) is 0 Å². The van der Waals surface area contributed by atoms with Gasteiger partial charge in [-0.15, -0.1) is 0 Å². The van der Waals surface area contributed by atoms with Gasteiger partial charge in [-0.3, -0.25) is 4.90 Å². The summed E-state index contributed by atoms with van der Waals surface area (Å²) in [6, 6.07) is 6.97. The summed E-state index contributed by atoms with van der Waals surface area (Å²) in [5, 5.41) is 0.753. The fourth-order valence-electron chi connectivity index (χ4n) is 2.57. The molecule has 1 aliphatic heterocycles. The molecular weight excluding hydrogens is 300 g/mol. The van der Waals surface area contributed by atoms with Crippen LogP contribution in [0.25, 0.3) is 0 Å². The van der Waals surface area contributed by atoms with Crippen LogP contribution in [-0.4, -0.2) is 23.5 Å². The highest BCUT2D eigenvalue weighted by molar-refractivity contribution is 9.10. The van der Waals surface area contributed by atoms with Gasteiger partial charge in [0.25, 0.3) is 0 Å². The van der Waals surface area contributed by atoms with Crippen LogP contribution < -0.4 is 5.73 Å². The quantitative estimate of drug-likeness (QED) is 0.903. The molecule has 4 heteroatoms. The van der Waals surface area contributed by atoms with Crippen LogP contribution in [0, 0.1) is 0 Å². The second kappa shape index (κ2) is 5.27. The normalized spacial score (nSPS) is 25.8. The van der Waals surface area contributed by atoms with Gasteiger partial charge in [0, 0.05) is 28.1 Å². The molecule has 2 N–H and O–H groups in total. The first-order valence-corrected chi connectivity index (χ1v) is 7.14. The standard InChI is InChI=1S/C13H18BrClN2/c1-8(2)17-6-5-12(16)13(17)10-4-3-9(15)7-11(10)14/h3-4,7-8,12-13H,5-6,16H2,1-2H3. The van der Waals surface area contributed by atoms with E-state index in [1.807, 2.05) is 12.1 Å². The molecule has 0 spiro atoms. The Morgan fingerprint density at radius 3 is 2.76 bits per heavy atom. The molecule has 94 valence electrons. The first-order valence-electron chi connectivity index (χ1n) is 5.97. The Bertz CT molecular complexity index is 408. The molecule has 1 aliphatic rings. The van der Waals surface area contributed by atoms with Crippen LogP contribution in [0.2, 0.25) is 5.02 Å². The lowest BCUT2D eigenvalue weighted by Gasteiger charge is -2.31. The summed E-state index contributed by atoms with van der Waals surface area (Å²) in [4.78, 5) is 2.46. The maximum absolute atomic E-state index is 6.25. The van der Waals surface area contributed by atoms with E-state index in [9.17, 15) is 0 Å². The number of nitrogens with two attached hydrogens (primary N) is 1. The van der Waals surface area contributed by atoms with Crippen molar-refractivity contribution in [2.45, 2.75) is 38.4 Å². The lowest BCUT2D eigenvalue weighted by Crippen LogP contribution is -2.36. The lowest BCUT2D eigenvalue weighted by atomic mass is 10.0. The van der Waals surface area contributed by atoms with Crippen LogP contribution in [0.15, 0.2) is 22.7 Å². The maximum Gasteiger partial charge on any atom is 0.0513 e. The van der Waals surface area contributed by atoms with E-state index >= 15 is 0 Å². The fourth-order valence-corrected chi connectivity index (χ4v) is 3.49. The molecule has 0 saturated carbocycles. The Hall–Kier alpha value is -0.0900. The summed E-state index contributed by atoms with van der Waals surface area (Å²) < 4.78 is 1.05. The number of likely N-dealkylation sites (tertiary alicyclic amines) is 1. The molecule has 2 nitrogen and oxygen atoms in total. The Morgan fingerprint density at radius 2 is 2.18 bits per heavy atom. The number of nitrogens with zero attached hydrogens (tertiary/aromatic N) is 1. The van der Waals surface area contributed by atoms with E-state index < -0.39 is 0 Å². The Morgan fingerprint density at radius 1 is 1.47 bits per heavy atom. The molecule has 0 aromatic heterocycles. The van der Waals surface area contributed by atoms with E-state index in [0.29, 0.717) is 12.1 Å². The van der Waals surface area contributed by atoms with Gasteiger partial charge in [0.15, 0.2) is 0 Å². The molecule has 1 aromatic carbocycles. The number of hydrogen-bond acceptors (Lipinski definition) is 2. The van der Waals surface area contributed by atoms with Crippen molar-refractivity contribution in [1.82, 2.24) is 4.90 Å². The highest BCUT2D eigenvalue weighted by Gasteiger charge is 2.35. The van der Waals surface area contributed by atoms with Gasteiger partial charge in [0.1, 0.15) is 0 Å². The summed E-state index contributed by atoms with van der Waals surface area (Å²) in [6.45, 7) is 5.50. The summed E-state index contributed by atoms with van der Waals surface area (Å²) in [7, 11) is 0. The van der Waals surface area contributed by atoms with Crippen LogP contribution in [0.4, 0.5) is 0 Å². The molecule has 2 rings (SSSR count). The molecule has 2 unspecified atom stereocenters. The van der Waals surface area contributed by atoms with Gasteiger partial charge in [0.2, 0.25) is 0 Å². The molecular formula is C13H18BrClN2. The predicted molar refractivity (Wildman–Crippen MR) is 76.3 cm³/mol. The minimum absolute atomic E-state index is 0.204. The Balaban J connectivity index is 2.36. The van der Waals surface area contributed by atoms with Crippen LogP contribution in [0.1, 0.15) is 31.9 Å². The molecule has 1 saturated heterocycles. The average Bonchev–Trinajstić information content (AvgIpc) is 2.60. The summed E-state index contributed by atoms with van der Waals surface area (Å²) >= 11 is 9.58. The fraction of sp³-hybridized carbons (Fsp3) is 0.538. The number of halogens is 2. The second-order valence-electron chi connectivity index (χ2n) is 4.89. The van der Waals surface area contributed by atoms with Crippen LogP contribution in [0.5, 0.6) is 0 Å². The third kappa shape index (κ3) is 2.68. The van der Waals surface area contributed by atoms with E-state index in [0.717, 1.165) is 22.5 Å². The van der Waals surface area contributed by atoms with Crippen molar-refractivity contribution in [3.05, 3.63) is 33.3 Å². The summed E-state index contributed by atoms with van der Waals surface area (Å²) in [6.07, 6.45) is 1.05. The molecule has 1 aromatic rings. The first kappa shape index (κ1) is 13.3. The zero-order valence-electron chi connectivity index (χ0n) is 10.2. The molecule has 1 heterocycles. The van der Waals surface area contributed by atoms with Gasteiger partial charge in [-0.2, -0.15) is 0 Å². The average molecular weight is 318 g/mol. The molecule has 0 aliphatic carbocycles. The third-order valence-electron chi connectivity index (χ3n) is 3.43. The van der Waals surface area contributed by atoms with E-state index in [1.54, 1.807) is 0 Å². The number of hydrogen-bond donors (Lipinski definition) is 1. The summed E-state index contributed by atoms with van der Waals surface area (Å²) in [5.74, 6) is 0. The van der Waals surface area contributed by atoms with Gasteiger partial charge in [-0.05, 0) is 38.0 Å². The van der Waals surface area contributed by atoms with Gasteiger partial charge < -0.3 is 5.73 Å². The van der Waals surface area contributed by atoms with Crippen LogP contribution >= 0.6 is 27.5 Å². The van der Waals surface area contributed by atoms with E-state index in [1.165, 1.54) is 5.56 Å². The first-order chi connectivity index (χ1) is 8.00. The van der Waals surface area contributed by atoms with Crippen molar-refractivity contribution in [3.63, 3.8) is 0 Å². The Labute approximate surface area is 116 Å². The zero-order chi connectivity index (χ0) is 12.6. The molecule has 0 amide bonds. The van der Waals surface area contributed by atoms with Crippen molar-refractivity contribution in [2.24, 2.45) is 5.73 Å². The highest BCUT2D eigenvalue weighted by atomic mass is 79.9. The second-order valence-corrected chi connectivity index (χ2v) is 6.19. The van der Waals surface area contributed by atoms with Gasteiger partial charge in [0.05, 0.1) is 6.04 Å². The summed E-state index contributed by atoms with van der Waals surface area (Å²) in [5.41, 5.74) is 7.49. The largest absolute Gasteiger partial charge is 0.326 e. The third-order valence-corrected chi connectivity index (χ3v) is 4.35. The van der Waals surface area contributed by atoms with E-state index in [2.05, 4.69) is 40.7 Å².